The van der Waals surface area contributed by atoms with Gasteiger partial charge < -0.3 is 29.2 Å². The fourth-order valence-electron chi connectivity index (χ4n) is 17.4. The number of likely N-dealkylation sites (tertiary alicyclic amines) is 2. The first-order chi connectivity index (χ1) is 57.8. The number of anilines is 3. The summed E-state index contributed by atoms with van der Waals surface area (Å²) in [6.07, 6.45) is 15.8. The highest BCUT2D eigenvalue weighted by atomic mass is 16.5. The van der Waals surface area contributed by atoms with Crippen LogP contribution in [0.4, 0.5) is 17.5 Å². The number of rotatable bonds is 29. The second-order valence-corrected chi connectivity index (χ2v) is 44.6. The predicted octanol–water partition coefficient (Wildman–Crippen LogP) is 18.5. The van der Waals surface area contributed by atoms with Crippen molar-refractivity contribution in [1.82, 2.24) is 49.3 Å². The quantitative estimate of drug-likeness (QED) is 0.0365. The van der Waals surface area contributed by atoms with Crippen LogP contribution in [-0.4, -0.2) is 283 Å². The number of pyridine rings is 3. The molecule has 7 aliphatic rings. The Morgan fingerprint density at radius 1 is 0.375 bits per heavy atom. The van der Waals surface area contributed by atoms with Gasteiger partial charge in [-0.15, -0.1) is 0 Å². The number of hydrogen-bond acceptors (Lipinski definition) is 22. The Morgan fingerprint density at radius 2 is 0.766 bits per heavy atom. The molecule has 2 bridgehead atoms. The van der Waals surface area contributed by atoms with Crippen LogP contribution in [-0.2, 0) is 30.3 Å². The summed E-state index contributed by atoms with van der Waals surface area (Å²) in [7, 11) is 0. The van der Waals surface area contributed by atoms with Crippen LogP contribution >= 0.6 is 0 Å². The average molecular weight is 1780 g/mol. The minimum atomic E-state index is -0.405. The molecular weight excluding hydrogens is 1600 g/mol. The van der Waals surface area contributed by atoms with Crippen LogP contribution < -0.4 is 14.7 Å². The van der Waals surface area contributed by atoms with E-state index in [2.05, 4.69) is 89.9 Å². The maximum absolute atomic E-state index is 12.5. The third-order valence-corrected chi connectivity index (χ3v) is 26.0. The third kappa shape index (κ3) is 34.9. The first-order valence-corrected chi connectivity index (χ1v) is 47.1. The van der Waals surface area contributed by atoms with E-state index >= 15 is 0 Å². The molecule has 22 heteroatoms. The predicted molar refractivity (Wildman–Crippen MR) is 532 cm³/mol. The van der Waals surface area contributed by atoms with E-state index in [4.69, 9.17) is 4.74 Å². The van der Waals surface area contributed by atoms with Gasteiger partial charge in [-0.3, -0.25) is 62.9 Å². The zero-order chi connectivity index (χ0) is 91.6. The van der Waals surface area contributed by atoms with E-state index < -0.39 is 5.41 Å². The Bertz CT molecular complexity index is 3980. The molecule has 722 valence electrons. The fourth-order valence-corrected chi connectivity index (χ4v) is 17.4. The van der Waals surface area contributed by atoms with Crippen molar-refractivity contribution in [2.75, 3.05) is 178 Å². The smallest absolute Gasteiger partial charge is 0.169 e. The molecule has 0 spiro atoms. The van der Waals surface area contributed by atoms with Gasteiger partial charge in [-0.25, -0.2) is 15.0 Å². The van der Waals surface area contributed by atoms with Gasteiger partial charge >= 0.3 is 0 Å². The molecular formula is C106H179N13O9. The number of ketones is 8. The van der Waals surface area contributed by atoms with Crippen LogP contribution in [0.2, 0.25) is 0 Å². The molecule has 0 amide bonds. The average Bonchev–Trinajstić information content (AvgIpc) is 1.68. The molecule has 3 unspecified atom stereocenters. The van der Waals surface area contributed by atoms with Gasteiger partial charge in [0.05, 0.1) is 26.2 Å². The van der Waals surface area contributed by atoms with Gasteiger partial charge in [0.1, 0.15) is 24.1 Å². The van der Waals surface area contributed by atoms with Gasteiger partial charge in [-0.2, -0.15) is 0 Å². The summed E-state index contributed by atoms with van der Waals surface area (Å²) in [4.78, 5) is 136. The zero-order valence-corrected chi connectivity index (χ0v) is 81.6. The first kappa shape index (κ1) is 113. The van der Waals surface area contributed by atoms with E-state index in [-0.39, 0.29) is 104 Å². The topological polar surface area (TPSA) is 217 Å². The molecule has 10 heterocycles. The standard InChI is InChI=1S/C27H42N2O2.2C26H42N4O2.C23H37N3O3.4CH4/c1-26(2,3)24(30)19-29-22-14-15-23(29)18-28(17-22)16-8-7-9-20-10-12-21(13-11-20)25(31)27(4,5)6;1-25(2,3)22(31)19-29-15-13-28(14-16-29)11-9-20-10-12-30(18-20)23-8-7-21(17-27-23)24(32)26(4,5)6;1-25(2,3)22(31)19-28-11-9-20(10-12-28)18-29-13-15-30(16-14-29)23-8-7-21(17-27-23)24(32)26(4,5)6;1-16(2)20(27)15-29-11-10-25-13-17(3)26(18(4)14-25)21-9-8-19(12-24-21)22(28)23(5,6)7;;;;/h10-13,22-23H,7-9,14-19H2,1-6H3;2*7-8,17,20H,9-16,18-19H2,1-6H3;8-9,12,16-18H,10-11,13-15H2,1-7H3;4*1H4/t;;;17-,18+;;;;. The molecule has 4 aromatic rings. The van der Waals surface area contributed by atoms with Gasteiger partial charge in [-0.05, 0) is 152 Å². The lowest BCUT2D eigenvalue weighted by atomic mass is 9.86. The van der Waals surface area contributed by atoms with Crippen LogP contribution in [0.25, 0.3) is 0 Å². The Kier molecular flexibility index (Phi) is 44.1. The van der Waals surface area contributed by atoms with Crippen molar-refractivity contribution in [2.24, 2.45) is 55.7 Å². The van der Waals surface area contributed by atoms with Crippen molar-refractivity contribution in [3.8, 4) is 0 Å². The largest absolute Gasteiger partial charge is 0.372 e. The summed E-state index contributed by atoms with van der Waals surface area (Å²) in [6.45, 7) is 72.8. The fraction of sp³-hybridized carbons (Fsp3) is 0.726. The van der Waals surface area contributed by atoms with Crippen molar-refractivity contribution in [1.29, 1.82) is 0 Å². The highest BCUT2D eigenvalue weighted by molar-refractivity contribution is 6.01. The summed E-state index contributed by atoms with van der Waals surface area (Å²) in [5.41, 5.74) is 1.95. The second kappa shape index (κ2) is 49.7. The summed E-state index contributed by atoms with van der Waals surface area (Å²) in [6, 6.07) is 21.6. The number of piperazine rings is 4. The van der Waals surface area contributed by atoms with E-state index in [1.807, 2.05) is 208 Å². The number of nitrogens with zero attached hydrogens (tertiary/aromatic N) is 13. The number of carbonyl (C=O) groups is 8. The number of fused-ring (bicyclic) bond motifs is 2. The first-order valence-electron chi connectivity index (χ1n) is 47.1. The number of ether oxygens (including phenoxy) is 1. The number of aromatic nitrogens is 3. The van der Waals surface area contributed by atoms with E-state index in [1.54, 1.807) is 18.6 Å². The van der Waals surface area contributed by atoms with Gasteiger partial charge in [0, 0.05) is 214 Å². The number of piperidine rings is 1. The molecule has 0 saturated carbocycles. The molecule has 128 heavy (non-hydrogen) atoms. The Labute approximate surface area is 777 Å². The summed E-state index contributed by atoms with van der Waals surface area (Å²) in [5, 5.41) is 0. The zero-order valence-electron chi connectivity index (χ0n) is 81.6. The van der Waals surface area contributed by atoms with Crippen LogP contribution in [0, 0.1) is 55.7 Å². The molecule has 11 rings (SSSR count). The normalized spacial score (nSPS) is 20.5. The minimum Gasteiger partial charge on any atom is -0.372 e. The van der Waals surface area contributed by atoms with E-state index in [9.17, 15) is 38.4 Å². The Balaban J connectivity index is 0.000000354. The van der Waals surface area contributed by atoms with Crippen molar-refractivity contribution >= 4 is 63.7 Å². The Hall–Kier alpha value is -6.89. The summed E-state index contributed by atoms with van der Waals surface area (Å²) in [5.74, 6) is 6.08. The number of carbonyl (C=O) groups excluding carboxylic acids is 8. The number of benzene rings is 1. The molecule has 5 atom stereocenters. The lowest BCUT2D eigenvalue weighted by molar-refractivity contribution is -0.129. The van der Waals surface area contributed by atoms with Crippen LogP contribution in [0.15, 0.2) is 79.3 Å². The molecule has 0 N–H and O–H groups in total. The van der Waals surface area contributed by atoms with Gasteiger partial charge in [-0.1, -0.05) is 213 Å². The lowest BCUT2D eigenvalue weighted by Crippen LogP contribution is -2.57. The number of hydrogen-bond donors (Lipinski definition) is 0. The summed E-state index contributed by atoms with van der Waals surface area (Å²) >= 11 is 0. The molecule has 0 radical (unpaired) electrons. The molecule has 7 saturated heterocycles. The monoisotopic (exact) mass is 1780 g/mol. The SMILES string of the molecule is C.C.C.C.CC(C)(C)C(=O)CN1C2CCC1CN(CCCCc1ccc(C(=O)C(C)(C)C)cc1)C2.CC(C)(C)C(=O)CN1CCC(CN2CCN(c3ccc(C(=O)C(C)(C)C)cn3)CC2)CC1.CC(C)(C)C(=O)CN1CCN(CCC2CCN(c3ccc(C(=O)C(C)(C)C)cn3)C2)CC1.CC(C)C(=O)COCCN1C[C@@H](C)N(c2ccc(C(=O)C(C)(C)C)cn2)[C@@H](C)C1. The molecule has 22 nitrogen and oxygen atoms in total. The van der Waals surface area contributed by atoms with Crippen molar-refractivity contribution in [3.63, 3.8) is 0 Å². The van der Waals surface area contributed by atoms with E-state index in [1.165, 1.54) is 56.9 Å². The van der Waals surface area contributed by atoms with Crippen molar-refractivity contribution < 1.29 is 43.1 Å². The van der Waals surface area contributed by atoms with E-state index in [0.29, 0.717) is 90.4 Å². The van der Waals surface area contributed by atoms with Crippen LogP contribution in [0.1, 0.15) is 301 Å². The maximum Gasteiger partial charge on any atom is 0.169 e. The van der Waals surface area contributed by atoms with Crippen molar-refractivity contribution in [3.05, 3.63) is 107 Å². The van der Waals surface area contributed by atoms with Gasteiger partial charge in [0.25, 0.3) is 0 Å². The van der Waals surface area contributed by atoms with Crippen LogP contribution in [0.3, 0.4) is 0 Å². The van der Waals surface area contributed by atoms with E-state index in [0.717, 1.165) is 166 Å². The molecule has 1 aromatic carbocycles. The molecule has 0 aliphatic carbocycles. The highest BCUT2D eigenvalue weighted by Crippen LogP contribution is 2.35. The van der Waals surface area contributed by atoms with Crippen LogP contribution in [0.5, 0.6) is 0 Å². The highest BCUT2D eigenvalue weighted by Gasteiger charge is 2.42. The third-order valence-electron chi connectivity index (χ3n) is 26.0. The number of unbranched alkanes of at least 4 members (excludes halogenated alkanes) is 1. The molecule has 7 aliphatic heterocycles. The van der Waals surface area contributed by atoms with Gasteiger partial charge in [0.2, 0.25) is 0 Å². The Morgan fingerprint density at radius 3 is 1.20 bits per heavy atom. The number of Topliss-reactive ketones (excluding diaryl/α,β-unsaturated/α-hetero) is 8. The minimum absolute atomic E-state index is 0. The van der Waals surface area contributed by atoms with Crippen molar-refractivity contribution in [2.45, 2.75) is 285 Å². The molecule has 3 aromatic heterocycles. The second-order valence-electron chi connectivity index (χ2n) is 44.6. The maximum atomic E-state index is 12.5. The van der Waals surface area contributed by atoms with Gasteiger partial charge in [0.15, 0.2) is 46.3 Å². The lowest BCUT2D eigenvalue weighted by Gasteiger charge is -2.45. The number of aryl methyl sites for hydroxylation is 1. The molecule has 7 fully saturated rings. The summed E-state index contributed by atoms with van der Waals surface area (Å²) < 4.78 is 5.56.